The molecule has 0 aliphatic heterocycles. The Kier molecular flexibility index (Phi) is 5.72. The Balaban J connectivity index is 2.05. The lowest BCUT2D eigenvalue weighted by atomic mass is 10.2. The average molecular weight is 387 g/mol. The molecule has 0 aliphatic carbocycles. The Hall–Kier alpha value is -3.23. The van der Waals surface area contributed by atoms with E-state index < -0.39 is 6.17 Å². The highest BCUT2D eigenvalue weighted by Crippen LogP contribution is 2.25. The average Bonchev–Trinajstić information content (AvgIpc) is 3.05. The monoisotopic (exact) mass is 387 g/mol. The van der Waals surface area contributed by atoms with Gasteiger partial charge in [-0.05, 0) is 13.8 Å². The fourth-order valence-corrected chi connectivity index (χ4v) is 2.88. The molecule has 8 nitrogen and oxygen atoms in total. The van der Waals surface area contributed by atoms with E-state index in [0.29, 0.717) is 34.8 Å². The van der Waals surface area contributed by atoms with Crippen molar-refractivity contribution in [2.24, 2.45) is 0 Å². The topological polar surface area (TPSA) is 91.2 Å². The van der Waals surface area contributed by atoms with Gasteiger partial charge in [-0.15, -0.1) is 0 Å². The van der Waals surface area contributed by atoms with E-state index in [4.69, 9.17) is 9.47 Å². The van der Waals surface area contributed by atoms with E-state index in [1.807, 2.05) is 11.5 Å². The van der Waals surface area contributed by atoms with Gasteiger partial charge in [0.05, 0.1) is 43.7 Å². The summed E-state index contributed by atoms with van der Waals surface area (Å²) < 4.78 is 25.5. The predicted octanol–water partition coefficient (Wildman–Crippen LogP) is 2.29. The fraction of sp³-hybridized carbons (Fsp3) is 0.368. The third-order valence-electron chi connectivity index (χ3n) is 4.37. The summed E-state index contributed by atoms with van der Waals surface area (Å²) in [7, 11) is 3.10. The van der Waals surface area contributed by atoms with E-state index >= 15 is 0 Å². The number of fused-ring (bicyclic) bond motifs is 1. The van der Waals surface area contributed by atoms with E-state index in [1.54, 1.807) is 32.7 Å². The van der Waals surface area contributed by atoms with Crippen LogP contribution >= 0.6 is 0 Å². The number of nitrogens with zero attached hydrogens (tertiary/aromatic N) is 4. The molecule has 3 aromatic heterocycles. The number of halogens is 1. The van der Waals surface area contributed by atoms with Crippen molar-refractivity contribution in [3.63, 3.8) is 0 Å². The predicted molar refractivity (Wildman–Crippen MR) is 102 cm³/mol. The minimum Gasteiger partial charge on any atom is -0.495 e. The van der Waals surface area contributed by atoms with Crippen molar-refractivity contribution in [3.8, 4) is 11.6 Å². The molecule has 3 heterocycles. The van der Waals surface area contributed by atoms with Gasteiger partial charge >= 0.3 is 0 Å². The summed E-state index contributed by atoms with van der Waals surface area (Å²) >= 11 is 0. The van der Waals surface area contributed by atoms with Crippen LogP contribution < -0.4 is 14.8 Å². The van der Waals surface area contributed by atoms with E-state index in [9.17, 15) is 9.18 Å². The van der Waals surface area contributed by atoms with Gasteiger partial charge in [-0.1, -0.05) is 0 Å². The largest absolute Gasteiger partial charge is 0.495 e. The summed E-state index contributed by atoms with van der Waals surface area (Å²) in [6.45, 7) is 3.57. The second-order valence-corrected chi connectivity index (χ2v) is 6.36. The second-order valence-electron chi connectivity index (χ2n) is 6.36. The molecule has 0 bridgehead atoms. The number of carbonyl (C=O) groups is 1. The highest BCUT2D eigenvalue weighted by atomic mass is 19.1. The van der Waals surface area contributed by atoms with Crippen molar-refractivity contribution in [1.29, 1.82) is 0 Å². The Morgan fingerprint density at radius 3 is 2.75 bits per heavy atom. The van der Waals surface area contributed by atoms with Crippen molar-refractivity contribution in [2.75, 3.05) is 20.8 Å². The number of pyridine rings is 1. The van der Waals surface area contributed by atoms with Gasteiger partial charge in [-0.3, -0.25) is 4.79 Å². The summed E-state index contributed by atoms with van der Waals surface area (Å²) in [4.78, 5) is 25.3. The van der Waals surface area contributed by atoms with Crippen LogP contribution in [-0.4, -0.2) is 52.4 Å². The molecule has 1 atom stereocenters. The van der Waals surface area contributed by atoms with Gasteiger partial charge in [-0.2, -0.15) is 0 Å². The molecule has 0 aliphatic rings. The van der Waals surface area contributed by atoms with Crippen LogP contribution in [0.5, 0.6) is 11.6 Å². The second kappa shape index (κ2) is 8.20. The maximum atomic E-state index is 13.1. The Labute approximate surface area is 161 Å². The number of aromatic nitrogens is 4. The summed E-state index contributed by atoms with van der Waals surface area (Å²) in [5, 5.41) is 2.58. The summed E-state index contributed by atoms with van der Waals surface area (Å²) in [5.74, 6) is 0.670. The summed E-state index contributed by atoms with van der Waals surface area (Å²) in [5.41, 5.74) is 3.12. The van der Waals surface area contributed by atoms with Crippen molar-refractivity contribution in [1.82, 2.24) is 24.8 Å². The minimum absolute atomic E-state index is 0.0656. The molecule has 0 radical (unpaired) electrons. The summed E-state index contributed by atoms with van der Waals surface area (Å²) in [6.07, 6.45) is 3.52. The maximum absolute atomic E-state index is 13.1. The molecule has 1 amide bonds. The molecular weight excluding hydrogens is 365 g/mol. The van der Waals surface area contributed by atoms with Crippen LogP contribution in [0.3, 0.4) is 0 Å². The van der Waals surface area contributed by atoms with Gasteiger partial charge in [0.1, 0.15) is 23.8 Å². The third-order valence-corrected chi connectivity index (χ3v) is 4.37. The molecule has 0 fully saturated rings. The van der Waals surface area contributed by atoms with Crippen molar-refractivity contribution < 1.29 is 18.7 Å². The van der Waals surface area contributed by atoms with Gasteiger partial charge in [0.25, 0.3) is 5.91 Å². The third kappa shape index (κ3) is 3.88. The van der Waals surface area contributed by atoms with Gasteiger partial charge in [0.15, 0.2) is 0 Å². The lowest BCUT2D eigenvalue weighted by Crippen LogP contribution is -2.28. The zero-order valence-corrected chi connectivity index (χ0v) is 16.2. The van der Waals surface area contributed by atoms with Crippen LogP contribution in [0.2, 0.25) is 0 Å². The lowest BCUT2D eigenvalue weighted by molar-refractivity contribution is 0.0945. The van der Waals surface area contributed by atoms with Gasteiger partial charge in [0, 0.05) is 24.4 Å². The molecule has 0 saturated heterocycles. The van der Waals surface area contributed by atoms with Crippen LogP contribution in [0.15, 0.2) is 24.8 Å². The highest BCUT2D eigenvalue weighted by molar-refractivity contribution is 6.05. The first kappa shape index (κ1) is 19.5. The van der Waals surface area contributed by atoms with E-state index in [1.165, 1.54) is 13.3 Å². The molecule has 3 aromatic rings. The normalized spacial score (nSPS) is 12.0. The van der Waals surface area contributed by atoms with Crippen molar-refractivity contribution in [2.45, 2.75) is 26.6 Å². The molecule has 0 spiro atoms. The number of hydrogen-bond donors (Lipinski definition) is 1. The molecule has 3 rings (SSSR count). The first-order valence-corrected chi connectivity index (χ1v) is 8.74. The fourth-order valence-electron chi connectivity index (χ4n) is 2.88. The molecular formula is C19H22FN5O3. The van der Waals surface area contributed by atoms with E-state index in [2.05, 4.69) is 20.3 Å². The summed E-state index contributed by atoms with van der Waals surface area (Å²) in [6, 6.07) is 1.80. The molecule has 148 valence electrons. The number of ether oxygens (including phenoxy) is 2. The number of amides is 1. The van der Waals surface area contributed by atoms with Crippen LogP contribution in [-0.2, 0) is 6.54 Å². The maximum Gasteiger partial charge on any atom is 0.255 e. The molecule has 28 heavy (non-hydrogen) atoms. The lowest BCUT2D eigenvalue weighted by Gasteiger charge is -2.10. The minimum atomic E-state index is -1.14. The smallest absolute Gasteiger partial charge is 0.255 e. The number of alkyl halides is 1. The van der Waals surface area contributed by atoms with Gasteiger partial charge in [-0.25, -0.2) is 19.3 Å². The highest BCUT2D eigenvalue weighted by Gasteiger charge is 2.19. The molecule has 9 heteroatoms. The van der Waals surface area contributed by atoms with Crippen LogP contribution in [0.25, 0.3) is 11.0 Å². The quantitative estimate of drug-likeness (QED) is 0.669. The first-order valence-electron chi connectivity index (χ1n) is 8.74. The zero-order chi connectivity index (χ0) is 20.3. The zero-order valence-electron chi connectivity index (χ0n) is 16.2. The van der Waals surface area contributed by atoms with Gasteiger partial charge in [0.2, 0.25) is 5.88 Å². The van der Waals surface area contributed by atoms with Gasteiger partial charge < -0.3 is 19.4 Å². The van der Waals surface area contributed by atoms with Crippen molar-refractivity contribution >= 4 is 16.9 Å². The van der Waals surface area contributed by atoms with Crippen LogP contribution in [0.1, 0.15) is 28.5 Å². The number of rotatable bonds is 7. The van der Waals surface area contributed by atoms with E-state index in [-0.39, 0.29) is 12.5 Å². The standard InChI is InChI=1S/C19H22FN5O3/c1-11(20)6-22-18(26)14-8-25(16-5-13(27-3)7-21-17(14)16)9-15-12(2)19(28-4)24-10-23-15/h5,7-8,10-11H,6,9H2,1-4H3,(H,22,26). The van der Waals surface area contributed by atoms with E-state index in [0.717, 1.165) is 11.3 Å². The first-order chi connectivity index (χ1) is 13.4. The van der Waals surface area contributed by atoms with Crippen LogP contribution in [0.4, 0.5) is 4.39 Å². The molecule has 1 N–H and O–H groups in total. The Morgan fingerprint density at radius 2 is 2.07 bits per heavy atom. The Bertz CT molecular complexity index is 1000. The number of methoxy groups -OCH3 is 2. The number of hydrogen-bond acceptors (Lipinski definition) is 6. The van der Waals surface area contributed by atoms with Crippen LogP contribution in [0, 0.1) is 6.92 Å². The molecule has 0 aromatic carbocycles. The Morgan fingerprint density at radius 1 is 1.29 bits per heavy atom. The molecule has 1 unspecified atom stereocenters. The molecule has 0 saturated carbocycles. The SMILES string of the molecule is COc1cnc2c(C(=O)NCC(C)F)cn(Cc3ncnc(OC)c3C)c2c1. The number of carbonyl (C=O) groups excluding carboxylic acids is 1. The van der Waals surface area contributed by atoms with Crippen molar-refractivity contribution in [3.05, 3.63) is 41.6 Å². The number of nitrogens with one attached hydrogen (secondary N) is 1.